The van der Waals surface area contributed by atoms with Crippen LogP contribution in [0.2, 0.25) is 0 Å². The molecule has 3 rings (SSSR count). The molecule has 0 atom stereocenters. The minimum Gasteiger partial charge on any atom is -0.297 e. The molecule has 3 heterocycles. The fourth-order valence-corrected chi connectivity index (χ4v) is 2.37. The molecular formula is C12H9N3OS. The van der Waals surface area contributed by atoms with E-state index in [9.17, 15) is 4.79 Å². The van der Waals surface area contributed by atoms with E-state index in [0.717, 1.165) is 10.7 Å². The van der Waals surface area contributed by atoms with Gasteiger partial charge in [-0.15, -0.1) is 11.3 Å². The second kappa shape index (κ2) is 4.10. The number of ketones is 1. The average Bonchev–Trinajstić information content (AvgIpc) is 2.90. The lowest BCUT2D eigenvalue weighted by atomic mass is 10.1. The van der Waals surface area contributed by atoms with Gasteiger partial charge in [0.2, 0.25) is 0 Å². The van der Waals surface area contributed by atoms with E-state index in [0.29, 0.717) is 12.0 Å². The Morgan fingerprint density at radius 1 is 1.47 bits per heavy atom. The van der Waals surface area contributed by atoms with Crippen LogP contribution in [-0.4, -0.2) is 20.2 Å². The maximum atomic E-state index is 11.9. The molecule has 0 aromatic carbocycles. The minimum atomic E-state index is 0.0452. The van der Waals surface area contributed by atoms with Gasteiger partial charge in [-0.25, -0.2) is 4.98 Å². The van der Waals surface area contributed by atoms with Gasteiger partial charge >= 0.3 is 0 Å². The predicted molar refractivity (Wildman–Crippen MR) is 65.3 cm³/mol. The number of carbonyl (C=O) groups is 1. The van der Waals surface area contributed by atoms with Crippen molar-refractivity contribution in [1.82, 2.24) is 14.4 Å². The highest BCUT2D eigenvalue weighted by Gasteiger charge is 2.10. The van der Waals surface area contributed by atoms with E-state index < -0.39 is 0 Å². The molecule has 17 heavy (non-hydrogen) atoms. The third kappa shape index (κ3) is 1.97. The SMILES string of the molecule is O=C(Cc1cn2ccsc2n1)c1cccnc1. The van der Waals surface area contributed by atoms with E-state index in [4.69, 9.17) is 0 Å². The molecule has 0 aliphatic heterocycles. The van der Waals surface area contributed by atoms with Crippen molar-refractivity contribution < 1.29 is 4.79 Å². The van der Waals surface area contributed by atoms with Crippen LogP contribution in [-0.2, 0) is 6.42 Å². The van der Waals surface area contributed by atoms with Gasteiger partial charge < -0.3 is 0 Å². The number of imidazole rings is 1. The third-order valence-corrected chi connectivity index (χ3v) is 3.24. The van der Waals surface area contributed by atoms with Crippen LogP contribution in [0.15, 0.2) is 42.3 Å². The minimum absolute atomic E-state index is 0.0452. The van der Waals surface area contributed by atoms with Gasteiger partial charge in [0.15, 0.2) is 10.7 Å². The summed E-state index contributed by atoms with van der Waals surface area (Å²) in [5, 5.41) is 1.97. The van der Waals surface area contributed by atoms with Gasteiger partial charge in [0.1, 0.15) is 0 Å². The van der Waals surface area contributed by atoms with Gasteiger partial charge in [-0.1, -0.05) is 0 Å². The van der Waals surface area contributed by atoms with Crippen LogP contribution < -0.4 is 0 Å². The van der Waals surface area contributed by atoms with Crippen LogP contribution in [0.5, 0.6) is 0 Å². The van der Waals surface area contributed by atoms with Crippen molar-refractivity contribution in [3.63, 3.8) is 0 Å². The summed E-state index contributed by atoms with van der Waals surface area (Å²) in [7, 11) is 0. The maximum Gasteiger partial charge on any atom is 0.193 e. The number of fused-ring (bicyclic) bond motifs is 1. The number of thiazole rings is 1. The second-order valence-electron chi connectivity index (χ2n) is 3.67. The molecule has 0 aliphatic rings. The summed E-state index contributed by atoms with van der Waals surface area (Å²) in [6.07, 6.45) is 7.38. The van der Waals surface area contributed by atoms with Gasteiger partial charge in [0, 0.05) is 35.7 Å². The number of Topliss-reactive ketones (excluding diaryl/α,β-unsaturated/α-hetero) is 1. The average molecular weight is 243 g/mol. The molecule has 0 saturated carbocycles. The number of carbonyl (C=O) groups excluding carboxylic acids is 1. The van der Waals surface area contributed by atoms with Crippen molar-refractivity contribution in [2.75, 3.05) is 0 Å². The van der Waals surface area contributed by atoms with Crippen molar-refractivity contribution in [3.8, 4) is 0 Å². The quantitative estimate of drug-likeness (QED) is 0.663. The molecule has 0 aliphatic carbocycles. The molecule has 84 valence electrons. The maximum absolute atomic E-state index is 11.9. The first-order valence-corrected chi connectivity index (χ1v) is 6.05. The zero-order valence-electron chi connectivity index (χ0n) is 8.91. The summed E-state index contributed by atoms with van der Waals surface area (Å²) < 4.78 is 1.93. The Morgan fingerprint density at radius 3 is 3.18 bits per heavy atom. The number of rotatable bonds is 3. The van der Waals surface area contributed by atoms with Crippen LogP contribution in [0.25, 0.3) is 4.96 Å². The third-order valence-electron chi connectivity index (χ3n) is 2.47. The summed E-state index contributed by atoms with van der Waals surface area (Å²) in [6, 6.07) is 3.53. The Kier molecular flexibility index (Phi) is 2.45. The zero-order valence-corrected chi connectivity index (χ0v) is 9.72. The molecule has 0 radical (unpaired) electrons. The monoisotopic (exact) mass is 243 g/mol. The Balaban J connectivity index is 1.84. The molecule has 4 nitrogen and oxygen atoms in total. The number of nitrogens with zero attached hydrogens (tertiary/aromatic N) is 3. The van der Waals surface area contributed by atoms with Gasteiger partial charge in [-0.05, 0) is 12.1 Å². The molecule has 5 heteroatoms. The van der Waals surface area contributed by atoms with E-state index in [1.807, 2.05) is 22.2 Å². The van der Waals surface area contributed by atoms with Gasteiger partial charge in [-0.3, -0.25) is 14.2 Å². The summed E-state index contributed by atoms with van der Waals surface area (Å²) in [5.41, 5.74) is 1.43. The van der Waals surface area contributed by atoms with Crippen molar-refractivity contribution in [2.45, 2.75) is 6.42 Å². The van der Waals surface area contributed by atoms with E-state index in [1.165, 1.54) is 0 Å². The van der Waals surface area contributed by atoms with Gasteiger partial charge in [0.25, 0.3) is 0 Å². The fourth-order valence-electron chi connectivity index (χ4n) is 1.66. The van der Waals surface area contributed by atoms with Gasteiger partial charge in [-0.2, -0.15) is 0 Å². The molecule has 0 amide bonds. The summed E-state index contributed by atoms with van der Waals surface area (Å²) in [6.45, 7) is 0. The first kappa shape index (κ1) is 10.2. The van der Waals surface area contributed by atoms with Crippen LogP contribution in [0.3, 0.4) is 0 Å². The molecule has 0 bridgehead atoms. The molecule has 0 saturated heterocycles. The lowest BCUT2D eigenvalue weighted by molar-refractivity contribution is 0.0992. The van der Waals surface area contributed by atoms with Crippen LogP contribution in [0.4, 0.5) is 0 Å². The Morgan fingerprint density at radius 2 is 2.41 bits per heavy atom. The highest BCUT2D eigenvalue weighted by Crippen LogP contribution is 2.13. The molecular weight excluding hydrogens is 234 g/mol. The molecule has 3 aromatic heterocycles. The number of aromatic nitrogens is 3. The molecule has 0 unspecified atom stereocenters. The number of hydrogen-bond donors (Lipinski definition) is 0. The molecule has 0 spiro atoms. The van der Waals surface area contributed by atoms with Crippen molar-refractivity contribution >= 4 is 22.1 Å². The summed E-state index contributed by atoms with van der Waals surface area (Å²) in [5.74, 6) is 0.0452. The van der Waals surface area contributed by atoms with Crippen LogP contribution in [0, 0.1) is 0 Å². The molecule has 0 N–H and O–H groups in total. The zero-order chi connectivity index (χ0) is 11.7. The van der Waals surface area contributed by atoms with Gasteiger partial charge in [0.05, 0.1) is 12.1 Å². The Bertz CT molecular complexity index is 628. The van der Waals surface area contributed by atoms with E-state index >= 15 is 0 Å². The van der Waals surface area contributed by atoms with Crippen molar-refractivity contribution in [2.24, 2.45) is 0 Å². The lowest BCUT2D eigenvalue weighted by Crippen LogP contribution is -2.03. The fraction of sp³-hybridized carbons (Fsp3) is 0.0833. The van der Waals surface area contributed by atoms with Crippen LogP contribution >= 0.6 is 11.3 Å². The van der Waals surface area contributed by atoms with E-state index in [2.05, 4.69) is 9.97 Å². The van der Waals surface area contributed by atoms with Crippen molar-refractivity contribution in [3.05, 3.63) is 53.6 Å². The first-order valence-electron chi connectivity index (χ1n) is 5.17. The standard InChI is InChI=1S/C12H9N3OS/c16-11(9-2-1-3-13-7-9)6-10-8-15-4-5-17-12(15)14-10/h1-5,7-8H,6H2. The second-order valence-corrected chi connectivity index (χ2v) is 4.54. The number of hydrogen-bond acceptors (Lipinski definition) is 4. The smallest absolute Gasteiger partial charge is 0.193 e. The van der Waals surface area contributed by atoms with Crippen LogP contribution in [0.1, 0.15) is 16.1 Å². The summed E-state index contributed by atoms with van der Waals surface area (Å²) in [4.78, 5) is 21.2. The topological polar surface area (TPSA) is 47.3 Å². The summed E-state index contributed by atoms with van der Waals surface area (Å²) >= 11 is 1.56. The number of pyridine rings is 1. The van der Waals surface area contributed by atoms with E-state index in [-0.39, 0.29) is 5.78 Å². The first-order chi connectivity index (χ1) is 8.33. The normalized spacial score (nSPS) is 10.8. The Labute approximate surface area is 102 Å². The predicted octanol–water partition coefficient (Wildman–Crippen LogP) is 2.22. The Hall–Kier alpha value is -2.01. The van der Waals surface area contributed by atoms with E-state index in [1.54, 1.807) is 35.9 Å². The van der Waals surface area contributed by atoms with Crippen molar-refractivity contribution in [1.29, 1.82) is 0 Å². The molecule has 0 fully saturated rings. The highest BCUT2D eigenvalue weighted by atomic mass is 32.1. The highest BCUT2D eigenvalue weighted by molar-refractivity contribution is 7.15. The molecule has 3 aromatic rings. The largest absolute Gasteiger partial charge is 0.297 e. The lowest BCUT2D eigenvalue weighted by Gasteiger charge is -1.96.